The molecule has 3 nitrogen and oxygen atoms in total. The van der Waals surface area contributed by atoms with Crippen LogP contribution in [0.5, 0.6) is 0 Å². The van der Waals surface area contributed by atoms with Crippen LogP contribution in [-0.2, 0) is 9.53 Å². The van der Waals surface area contributed by atoms with Crippen molar-refractivity contribution in [3.63, 3.8) is 0 Å². The Labute approximate surface area is 136 Å². The summed E-state index contributed by atoms with van der Waals surface area (Å²) in [6.07, 6.45) is 2.63. The first-order valence-electron chi connectivity index (χ1n) is 8.02. The lowest BCUT2D eigenvalue weighted by Gasteiger charge is -2.17. The predicted octanol–water partition coefficient (Wildman–Crippen LogP) is 4.11. The van der Waals surface area contributed by atoms with Crippen LogP contribution in [0.3, 0.4) is 0 Å². The zero-order valence-electron chi connectivity index (χ0n) is 14.9. The Kier molecular flexibility index (Phi) is 10.4. The number of amides is 1. The molecular formula is C17H35NO2S. The van der Waals surface area contributed by atoms with Crippen molar-refractivity contribution in [1.29, 1.82) is 0 Å². The topological polar surface area (TPSA) is 38.3 Å². The first-order chi connectivity index (χ1) is 9.60. The molecule has 0 aromatic carbocycles. The Bertz CT molecular complexity index is 279. The summed E-state index contributed by atoms with van der Waals surface area (Å²) in [6, 6.07) is 0. The van der Waals surface area contributed by atoms with Crippen LogP contribution in [-0.4, -0.2) is 37.2 Å². The minimum absolute atomic E-state index is 0.144. The summed E-state index contributed by atoms with van der Waals surface area (Å²) < 4.78 is 5.52. The largest absolute Gasteiger partial charge is 0.380 e. The van der Waals surface area contributed by atoms with Crippen LogP contribution in [0, 0.1) is 10.8 Å². The molecule has 0 unspecified atom stereocenters. The Balaban J connectivity index is 3.35. The van der Waals surface area contributed by atoms with E-state index in [4.69, 9.17) is 4.74 Å². The Morgan fingerprint density at radius 2 is 1.71 bits per heavy atom. The number of thioether (sulfide) groups is 1. The molecule has 0 heterocycles. The van der Waals surface area contributed by atoms with Gasteiger partial charge in [0, 0.05) is 19.6 Å². The quantitative estimate of drug-likeness (QED) is 0.616. The van der Waals surface area contributed by atoms with E-state index < -0.39 is 0 Å². The third kappa shape index (κ3) is 17.7. The van der Waals surface area contributed by atoms with Crippen molar-refractivity contribution in [3.8, 4) is 0 Å². The third-order valence-corrected chi connectivity index (χ3v) is 4.44. The van der Waals surface area contributed by atoms with E-state index in [1.54, 1.807) is 0 Å². The van der Waals surface area contributed by atoms with Crippen LogP contribution >= 0.6 is 11.8 Å². The van der Waals surface area contributed by atoms with Gasteiger partial charge in [0.1, 0.15) is 0 Å². The van der Waals surface area contributed by atoms with Gasteiger partial charge in [0.2, 0.25) is 5.91 Å². The molecule has 21 heavy (non-hydrogen) atoms. The number of carbonyl (C=O) groups is 1. The van der Waals surface area contributed by atoms with Gasteiger partial charge >= 0.3 is 0 Å². The molecule has 0 fully saturated rings. The molecule has 0 atom stereocenters. The van der Waals surface area contributed by atoms with Crippen LogP contribution in [0.4, 0.5) is 0 Å². The van der Waals surface area contributed by atoms with Gasteiger partial charge in [-0.3, -0.25) is 4.79 Å². The van der Waals surface area contributed by atoms with Gasteiger partial charge in [-0.15, -0.1) is 0 Å². The van der Waals surface area contributed by atoms with E-state index in [2.05, 4.69) is 46.9 Å². The average Bonchev–Trinajstić information content (AvgIpc) is 2.30. The highest BCUT2D eigenvalue weighted by Gasteiger charge is 2.10. The van der Waals surface area contributed by atoms with Crippen molar-refractivity contribution < 1.29 is 9.53 Å². The highest BCUT2D eigenvalue weighted by atomic mass is 32.2. The molecule has 0 radical (unpaired) electrons. The Hall–Kier alpha value is -0.220. The lowest BCUT2D eigenvalue weighted by molar-refractivity contribution is -0.121. The molecule has 0 aliphatic rings. The van der Waals surface area contributed by atoms with E-state index in [1.165, 1.54) is 0 Å². The number of rotatable bonds is 10. The lowest BCUT2D eigenvalue weighted by atomic mass is 9.93. The summed E-state index contributed by atoms with van der Waals surface area (Å²) in [5.74, 6) is 2.36. The van der Waals surface area contributed by atoms with Gasteiger partial charge in [0.05, 0.1) is 6.61 Å². The summed E-state index contributed by atoms with van der Waals surface area (Å²) >= 11 is 1.93. The van der Waals surface area contributed by atoms with E-state index >= 15 is 0 Å². The predicted molar refractivity (Wildman–Crippen MR) is 93.9 cm³/mol. The minimum atomic E-state index is 0.144. The van der Waals surface area contributed by atoms with E-state index in [1.807, 2.05) is 11.8 Å². The number of hydrogen-bond acceptors (Lipinski definition) is 3. The van der Waals surface area contributed by atoms with Crippen molar-refractivity contribution in [2.75, 3.05) is 31.3 Å². The average molecular weight is 318 g/mol. The highest BCUT2D eigenvalue weighted by Crippen LogP contribution is 2.21. The zero-order chi connectivity index (χ0) is 16.4. The Morgan fingerprint density at radius 1 is 1.05 bits per heavy atom. The SMILES string of the molecule is CC(C)(C)CCOCCNC(=O)CCCSCC(C)(C)C. The van der Waals surface area contributed by atoms with Crippen molar-refractivity contribution in [3.05, 3.63) is 0 Å². The van der Waals surface area contributed by atoms with Crippen LogP contribution in [0.1, 0.15) is 60.8 Å². The maximum absolute atomic E-state index is 11.6. The number of ether oxygens (including phenoxy) is 1. The van der Waals surface area contributed by atoms with Gasteiger partial charge in [-0.1, -0.05) is 41.5 Å². The molecule has 4 heteroatoms. The van der Waals surface area contributed by atoms with E-state index in [9.17, 15) is 4.79 Å². The van der Waals surface area contributed by atoms with Gasteiger partial charge < -0.3 is 10.1 Å². The first-order valence-corrected chi connectivity index (χ1v) is 9.18. The second-order valence-electron chi connectivity index (χ2n) is 7.99. The third-order valence-electron chi connectivity index (χ3n) is 2.79. The number of carbonyl (C=O) groups excluding carboxylic acids is 1. The standard InChI is InChI=1S/C17H35NO2S/c1-16(2,3)9-11-20-12-10-18-15(19)8-7-13-21-14-17(4,5)6/h7-14H2,1-6H3,(H,18,19). The number of hydrogen-bond donors (Lipinski definition) is 1. The van der Waals surface area contributed by atoms with Crippen LogP contribution in [0.25, 0.3) is 0 Å². The molecule has 1 amide bonds. The van der Waals surface area contributed by atoms with Crippen molar-refractivity contribution in [1.82, 2.24) is 5.32 Å². The molecule has 126 valence electrons. The van der Waals surface area contributed by atoms with Crippen molar-refractivity contribution in [2.24, 2.45) is 10.8 Å². The summed E-state index contributed by atoms with van der Waals surface area (Å²) in [5.41, 5.74) is 0.686. The van der Waals surface area contributed by atoms with Gasteiger partial charge in [-0.25, -0.2) is 0 Å². The molecule has 0 aromatic heterocycles. The second-order valence-corrected chi connectivity index (χ2v) is 9.09. The van der Waals surface area contributed by atoms with Gasteiger partial charge in [0.15, 0.2) is 0 Å². The molecular weight excluding hydrogens is 282 g/mol. The molecule has 0 saturated carbocycles. The van der Waals surface area contributed by atoms with Crippen molar-refractivity contribution in [2.45, 2.75) is 60.8 Å². The van der Waals surface area contributed by atoms with E-state index in [0.29, 0.717) is 30.4 Å². The summed E-state index contributed by atoms with van der Waals surface area (Å²) in [6.45, 7) is 15.3. The fourth-order valence-electron chi connectivity index (χ4n) is 1.54. The summed E-state index contributed by atoms with van der Waals surface area (Å²) in [5, 5.41) is 2.91. The summed E-state index contributed by atoms with van der Waals surface area (Å²) in [7, 11) is 0. The summed E-state index contributed by atoms with van der Waals surface area (Å²) in [4.78, 5) is 11.6. The fourth-order valence-corrected chi connectivity index (χ4v) is 2.65. The minimum Gasteiger partial charge on any atom is -0.380 e. The smallest absolute Gasteiger partial charge is 0.220 e. The van der Waals surface area contributed by atoms with E-state index in [0.717, 1.165) is 31.0 Å². The highest BCUT2D eigenvalue weighted by molar-refractivity contribution is 7.99. The van der Waals surface area contributed by atoms with E-state index in [-0.39, 0.29) is 5.91 Å². The molecule has 0 aromatic rings. The molecule has 1 N–H and O–H groups in total. The maximum atomic E-state index is 11.6. The van der Waals surface area contributed by atoms with Gasteiger partial charge in [-0.2, -0.15) is 11.8 Å². The molecule has 0 spiro atoms. The van der Waals surface area contributed by atoms with Crippen LogP contribution < -0.4 is 5.32 Å². The van der Waals surface area contributed by atoms with Gasteiger partial charge in [-0.05, 0) is 35.2 Å². The molecule has 0 aliphatic heterocycles. The van der Waals surface area contributed by atoms with Crippen LogP contribution in [0.2, 0.25) is 0 Å². The monoisotopic (exact) mass is 317 g/mol. The molecule has 0 aliphatic carbocycles. The Morgan fingerprint density at radius 3 is 2.29 bits per heavy atom. The first kappa shape index (κ1) is 20.8. The fraction of sp³-hybridized carbons (Fsp3) is 0.941. The lowest BCUT2D eigenvalue weighted by Crippen LogP contribution is -2.27. The maximum Gasteiger partial charge on any atom is 0.220 e. The number of nitrogens with one attached hydrogen (secondary N) is 1. The molecule has 0 rings (SSSR count). The van der Waals surface area contributed by atoms with Crippen LogP contribution in [0.15, 0.2) is 0 Å². The van der Waals surface area contributed by atoms with Crippen molar-refractivity contribution >= 4 is 17.7 Å². The molecule has 0 saturated heterocycles. The molecule has 0 bridgehead atoms. The van der Waals surface area contributed by atoms with Gasteiger partial charge in [0.25, 0.3) is 0 Å². The second kappa shape index (κ2) is 10.5. The zero-order valence-corrected chi connectivity index (χ0v) is 15.7. The normalized spacial score (nSPS) is 12.5.